The lowest BCUT2D eigenvalue weighted by atomic mass is 10.1. The normalized spacial score (nSPS) is 11.2. The Hall–Kier alpha value is -2.45. The fourth-order valence-electron chi connectivity index (χ4n) is 2.42. The topological polar surface area (TPSA) is 87.3 Å². The minimum atomic E-state index is -4.02. The summed E-state index contributed by atoms with van der Waals surface area (Å²) >= 11 is 0. The van der Waals surface area contributed by atoms with Gasteiger partial charge in [-0.2, -0.15) is 0 Å². The largest absolute Gasteiger partial charge is 0.351 e. The van der Waals surface area contributed by atoms with Crippen molar-refractivity contribution in [3.05, 3.63) is 59.4 Å². The van der Waals surface area contributed by atoms with Crippen LogP contribution in [0.1, 0.15) is 29.3 Å². The van der Waals surface area contributed by atoms with Crippen LogP contribution >= 0.6 is 0 Å². The molecule has 0 bridgehead atoms. The monoisotopic (exact) mass is 393 g/mol. The molecule has 6 nitrogen and oxygen atoms in total. The Labute approximate surface area is 159 Å². The second-order valence-electron chi connectivity index (χ2n) is 6.07. The maximum absolute atomic E-state index is 13.7. The van der Waals surface area contributed by atoms with Gasteiger partial charge < -0.3 is 10.6 Å². The highest BCUT2D eigenvalue weighted by molar-refractivity contribution is 7.92. The third kappa shape index (κ3) is 5.77. The van der Waals surface area contributed by atoms with Crippen LogP contribution in [0.15, 0.2) is 47.4 Å². The van der Waals surface area contributed by atoms with Crippen LogP contribution in [0.2, 0.25) is 0 Å². The van der Waals surface area contributed by atoms with Crippen LogP contribution in [0.4, 0.5) is 10.1 Å². The molecule has 146 valence electrons. The molecule has 0 radical (unpaired) electrons. The molecular formula is C19H24FN3O3S. The van der Waals surface area contributed by atoms with E-state index in [1.807, 2.05) is 0 Å². The molecule has 0 aliphatic rings. The van der Waals surface area contributed by atoms with Gasteiger partial charge in [-0.25, -0.2) is 12.8 Å². The summed E-state index contributed by atoms with van der Waals surface area (Å²) in [6, 6.07) is 9.74. The number of anilines is 1. The first-order chi connectivity index (χ1) is 12.8. The molecule has 2 aromatic rings. The number of carbonyl (C=O) groups is 1. The number of benzene rings is 2. The molecule has 0 aliphatic heterocycles. The quantitative estimate of drug-likeness (QED) is 0.572. The van der Waals surface area contributed by atoms with E-state index < -0.39 is 15.8 Å². The van der Waals surface area contributed by atoms with E-state index in [4.69, 9.17) is 0 Å². The highest BCUT2D eigenvalue weighted by atomic mass is 32.2. The molecule has 0 aromatic heterocycles. The van der Waals surface area contributed by atoms with Gasteiger partial charge in [0.15, 0.2) is 0 Å². The molecule has 2 aromatic carbocycles. The highest BCUT2D eigenvalue weighted by Crippen LogP contribution is 2.21. The number of nitrogens with one attached hydrogen (secondary N) is 3. The van der Waals surface area contributed by atoms with Crippen molar-refractivity contribution in [1.29, 1.82) is 0 Å². The number of rotatable bonds is 9. The molecule has 0 spiro atoms. The second kappa shape index (κ2) is 9.48. The predicted molar refractivity (Wildman–Crippen MR) is 104 cm³/mol. The fourth-order valence-corrected chi connectivity index (χ4v) is 3.52. The van der Waals surface area contributed by atoms with Crippen LogP contribution < -0.4 is 15.4 Å². The number of halogens is 1. The van der Waals surface area contributed by atoms with Gasteiger partial charge in [-0.1, -0.05) is 25.1 Å². The zero-order valence-corrected chi connectivity index (χ0v) is 16.2. The Morgan fingerprint density at radius 2 is 1.81 bits per heavy atom. The number of sulfonamides is 1. The van der Waals surface area contributed by atoms with Crippen molar-refractivity contribution in [3.8, 4) is 0 Å². The van der Waals surface area contributed by atoms with Crippen molar-refractivity contribution in [1.82, 2.24) is 10.6 Å². The Morgan fingerprint density at radius 3 is 2.52 bits per heavy atom. The van der Waals surface area contributed by atoms with Gasteiger partial charge in [-0.3, -0.25) is 9.52 Å². The van der Waals surface area contributed by atoms with Crippen molar-refractivity contribution in [2.24, 2.45) is 0 Å². The summed E-state index contributed by atoms with van der Waals surface area (Å²) in [4.78, 5) is 12.3. The summed E-state index contributed by atoms with van der Waals surface area (Å²) in [5.74, 6) is -1.03. The summed E-state index contributed by atoms with van der Waals surface area (Å²) in [5, 5.41) is 5.93. The van der Waals surface area contributed by atoms with Crippen molar-refractivity contribution in [2.45, 2.75) is 25.2 Å². The van der Waals surface area contributed by atoms with Crippen LogP contribution in [0.5, 0.6) is 0 Å². The van der Waals surface area contributed by atoms with Gasteiger partial charge in [-0.15, -0.1) is 0 Å². The molecule has 3 N–H and O–H groups in total. The lowest BCUT2D eigenvalue weighted by Gasteiger charge is -2.12. The van der Waals surface area contributed by atoms with Crippen molar-refractivity contribution >= 4 is 21.6 Å². The third-order valence-electron chi connectivity index (χ3n) is 3.90. The Morgan fingerprint density at radius 1 is 1.07 bits per heavy atom. The van der Waals surface area contributed by atoms with E-state index in [9.17, 15) is 17.6 Å². The molecule has 1 amide bonds. The summed E-state index contributed by atoms with van der Waals surface area (Å²) in [7, 11) is -4.02. The zero-order chi connectivity index (χ0) is 19.9. The lowest BCUT2D eigenvalue weighted by Crippen LogP contribution is -2.32. The van der Waals surface area contributed by atoms with Crippen molar-refractivity contribution in [3.63, 3.8) is 0 Å². The van der Waals surface area contributed by atoms with Gasteiger partial charge >= 0.3 is 0 Å². The average molecular weight is 393 g/mol. The third-order valence-corrected chi connectivity index (χ3v) is 5.26. The van der Waals surface area contributed by atoms with E-state index in [-0.39, 0.29) is 22.1 Å². The summed E-state index contributed by atoms with van der Waals surface area (Å²) in [6.45, 7) is 5.71. The Balaban J connectivity index is 2.15. The molecule has 8 heteroatoms. The summed E-state index contributed by atoms with van der Waals surface area (Å²) in [5.41, 5.74) is 0.770. The van der Waals surface area contributed by atoms with Crippen LogP contribution in [0, 0.1) is 12.7 Å². The van der Waals surface area contributed by atoms with Crippen LogP contribution in [0.3, 0.4) is 0 Å². The maximum Gasteiger partial charge on any atom is 0.262 e. The molecule has 0 saturated heterocycles. The van der Waals surface area contributed by atoms with Crippen LogP contribution in [0.25, 0.3) is 0 Å². The van der Waals surface area contributed by atoms with E-state index in [1.165, 1.54) is 36.4 Å². The average Bonchev–Trinajstić information content (AvgIpc) is 2.63. The van der Waals surface area contributed by atoms with E-state index in [1.54, 1.807) is 13.0 Å². The van der Waals surface area contributed by atoms with E-state index in [0.717, 1.165) is 13.0 Å². The second-order valence-corrected chi connectivity index (χ2v) is 7.75. The first-order valence-corrected chi connectivity index (χ1v) is 10.2. The Bertz CT molecular complexity index is 901. The maximum atomic E-state index is 13.7. The zero-order valence-electron chi connectivity index (χ0n) is 15.4. The number of hydrogen-bond donors (Lipinski definition) is 3. The van der Waals surface area contributed by atoms with Gasteiger partial charge in [0.05, 0.1) is 10.6 Å². The summed E-state index contributed by atoms with van der Waals surface area (Å²) in [6.07, 6.45) is 1.00. The van der Waals surface area contributed by atoms with Crippen molar-refractivity contribution < 1.29 is 17.6 Å². The molecule has 0 heterocycles. The molecule has 0 fully saturated rings. The molecule has 0 unspecified atom stereocenters. The summed E-state index contributed by atoms with van der Waals surface area (Å²) < 4.78 is 41.1. The molecule has 27 heavy (non-hydrogen) atoms. The smallest absolute Gasteiger partial charge is 0.262 e. The number of para-hydroxylation sites is 1. The fraction of sp³-hybridized carbons (Fsp3) is 0.316. The van der Waals surface area contributed by atoms with Gasteiger partial charge in [-0.05, 0) is 49.7 Å². The van der Waals surface area contributed by atoms with Crippen molar-refractivity contribution in [2.75, 3.05) is 24.4 Å². The molecule has 0 saturated carbocycles. The SMILES string of the molecule is CCCNCCNC(=O)c1cc(S(=O)(=O)Nc2ccccc2F)ccc1C. The van der Waals surface area contributed by atoms with Gasteiger partial charge in [0.2, 0.25) is 0 Å². The first-order valence-electron chi connectivity index (χ1n) is 8.72. The number of amides is 1. The minimum Gasteiger partial charge on any atom is -0.351 e. The standard InChI is InChI=1S/C19H24FN3O3S/c1-3-10-21-11-12-22-19(24)16-13-15(9-8-14(16)2)27(25,26)23-18-7-5-4-6-17(18)20/h4-9,13,21,23H,3,10-12H2,1-2H3,(H,22,24). The molecule has 0 aliphatic carbocycles. The molecular weight excluding hydrogens is 369 g/mol. The van der Waals surface area contributed by atoms with E-state index >= 15 is 0 Å². The van der Waals surface area contributed by atoms with Crippen LogP contribution in [-0.2, 0) is 10.0 Å². The number of hydrogen-bond acceptors (Lipinski definition) is 4. The predicted octanol–water partition coefficient (Wildman–Crippen LogP) is 2.66. The van der Waals surface area contributed by atoms with E-state index in [2.05, 4.69) is 22.3 Å². The number of aryl methyl sites for hydroxylation is 1. The molecule has 0 atom stereocenters. The van der Waals surface area contributed by atoms with Gasteiger partial charge in [0.1, 0.15) is 5.82 Å². The van der Waals surface area contributed by atoms with E-state index in [0.29, 0.717) is 18.7 Å². The van der Waals surface area contributed by atoms with Gasteiger partial charge in [0.25, 0.3) is 15.9 Å². The highest BCUT2D eigenvalue weighted by Gasteiger charge is 2.19. The molecule has 2 rings (SSSR count). The van der Waals surface area contributed by atoms with Crippen LogP contribution in [-0.4, -0.2) is 34.0 Å². The number of carbonyl (C=O) groups excluding carboxylic acids is 1. The minimum absolute atomic E-state index is 0.106. The van der Waals surface area contributed by atoms with Gasteiger partial charge in [0, 0.05) is 18.7 Å². The lowest BCUT2D eigenvalue weighted by molar-refractivity contribution is 0.0953. The Kier molecular flexibility index (Phi) is 7.32. The first kappa shape index (κ1) is 20.9.